The Labute approximate surface area is 63.1 Å². The van der Waals surface area contributed by atoms with Crippen LogP contribution in [0, 0.1) is 0 Å². The van der Waals surface area contributed by atoms with E-state index >= 15 is 0 Å². The van der Waals surface area contributed by atoms with Crippen LogP contribution in [0.4, 0.5) is 0 Å². The summed E-state index contributed by atoms with van der Waals surface area (Å²) in [5.74, 6) is -2.76. The first-order chi connectivity index (χ1) is 4.92. The van der Waals surface area contributed by atoms with Gasteiger partial charge in [-0.1, -0.05) is 0 Å². The molecule has 0 fully saturated rings. The minimum atomic E-state index is -2.43. The number of rotatable bonds is 3. The maximum atomic E-state index is 10.7. The van der Waals surface area contributed by atoms with Gasteiger partial charge in [0.15, 0.2) is 0 Å². The van der Waals surface area contributed by atoms with Crippen molar-refractivity contribution in [2.75, 3.05) is 6.61 Å². The number of nitrogens with two attached hydrogens (primary N) is 2. The highest BCUT2D eigenvalue weighted by molar-refractivity contribution is 6.02. The smallest absolute Gasteiger partial charge is 0.352 e. The summed E-state index contributed by atoms with van der Waals surface area (Å²) in [5.41, 5.74) is 7.35. The molecule has 0 aliphatic carbocycles. The number of aliphatic carboxylic acids is 1. The van der Waals surface area contributed by atoms with Crippen molar-refractivity contribution < 1.29 is 19.4 Å². The highest BCUT2D eigenvalue weighted by Gasteiger charge is 2.39. The molecule has 0 amide bonds. The van der Waals surface area contributed by atoms with Crippen LogP contribution in [0.15, 0.2) is 0 Å². The molecule has 5 N–H and O–H groups in total. The lowest BCUT2D eigenvalue weighted by Gasteiger charge is -2.15. The lowest BCUT2D eigenvalue weighted by atomic mass is 10.2. The minimum Gasteiger partial charge on any atom is -0.478 e. The van der Waals surface area contributed by atoms with E-state index in [4.69, 9.17) is 16.6 Å². The van der Waals surface area contributed by atoms with Gasteiger partial charge in [-0.2, -0.15) is 0 Å². The minimum absolute atomic E-state index is 0.0439. The van der Waals surface area contributed by atoms with Crippen LogP contribution in [-0.4, -0.2) is 29.3 Å². The van der Waals surface area contributed by atoms with E-state index in [2.05, 4.69) is 4.74 Å². The van der Waals surface area contributed by atoms with Crippen LogP contribution in [0.3, 0.4) is 0 Å². The van der Waals surface area contributed by atoms with Crippen molar-refractivity contribution in [2.24, 2.45) is 11.5 Å². The number of esters is 1. The van der Waals surface area contributed by atoms with Gasteiger partial charge in [0.05, 0.1) is 6.61 Å². The lowest BCUT2D eigenvalue weighted by Crippen LogP contribution is -2.63. The molecule has 6 heteroatoms. The van der Waals surface area contributed by atoms with E-state index in [1.165, 1.54) is 6.92 Å². The summed E-state index contributed by atoms with van der Waals surface area (Å²) in [6.07, 6.45) is 0. The third kappa shape index (κ3) is 2.17. The molecular formula is C5H10N2O4. The van der Waals surface area contributed by atoms with Crippen LogP contribution < -0.4 is 11.5 Å². The second kappa shape index (κ2) is 3.31. The van der Waals surface area contributed by atoms with Gasteiger partial charge in [-0.25, -0.2) is 9.59 Å². The second-order valence-electron chi connectivity index (χ2n) is 1.89. The van der Waals surface area contributed by atoms with Crippen LogP contribution in [0.25, 0.3) is 0 Å². The molecule has 0 unspecified atom stereocenters. The van der Waals surface area contributed by atoms with E-state index < -0.39 is 17.6 Å². The van der Waals surface area contributed by atoms with Gasteiger partial charge in [0.1, 0.15) is 0 Å². The van der Waals surface area contributed by atoms with Crippen molar-refractivity contribution in [2.45, 2.75) is 12.6 Å². The van der Waals surface area contributed by atoms with E-state index in [1.807, 2.05) is 0 Å². The molecule has 0 radical (unpaired) electrons. The van der Waals surface area contributed by atoms with Crippen molar-refractivity contribution >= 4 is 11.9 Å². The number of ether oxygens (including phenoxy) is 1. The Balaban J connectivity index is 4.30. The predicted molar refractivity (Wildman–Crippen MR) is 35.4 cm³/mol. The average Bonchev–Trinajstić information content (AvgIpc) is 1.88. The van der Waals surface area contributed by atoms with Crippen molar-refractivity contribution in [1.29, 1.82) is 0 Å². The molecule has 0 heterocycles. The Morgan fingerprint density at radius 3 is 2.27 bits per heavy atom. The maximum absolute atomic E-state index is 10.7. The van der Waals surface area contributed by atoms with Gasteiger partial charge in [0, 0.05) is 0 Å². The molecule has 6 nitrogen and oxygen atoms in total. The normalized spacial score (nSPS) is 10.8. The molecule has 0 rings (SSSR count). The molecule has 0 aromatic heterocycles. The van der Waals surface area contributed by atoms with Crippen LogP contribution in [0.5, 0.6) is 0 Å². The standard InChI is InChI=1S/C5H10N2O4/c1-2-11-4(10)5(6,7)3(8)9/h2,6-7H2,1H3,(H,8,9). The van der Waals surface area contributed by atoms with E-state index in [9.17, 15) is 9.59 Å². The lowest BCUT2D eigenvalue weighted by molar-refractivity contribution is -0.160. The predicted octanol–water partition coefficient (Wildman–Crippen LogP) is -1.75. The second-order valence-corrected chi connectivity index (χ2v) is 1.89. The summed E-state index contributed by atoms with van der Waals surface area (Å²) >= 11 is 0. The number of carbonyl (C=O) groups excluding carboxylic acids is 1. The van der Waals surface area contributed by atoms with Crippen molar-refractivity contribution in [1.82, 2.24) is 0 Å². The zero-order valence-electron chi connectivity index (χ0n) is 6.03. The Hall–Kier alpha value is -1.14. The van der Waals surface area contributed by atoms with Crippen molar-refractivity contribution in [3.63, 3.8) is 0 Å². The van der Waals surface area contributed by atoms with Gasteiger partial charge in [-0.15, -0.1) is 0 Å². The third-order valence-electron chi connectivity index (χ3n) is 0.967. The highest BCUT2D eigenvalue weighted by atomic mass is 16.5. The molecule has 0 aliphatic rings. The molecule has 64 valence electrons. The highest BCUT2D eigenvalue weighted by Crippen LogP contribution is 1.94. The molecular weight excluding hydrogens is 152 g/mol. The van der Waals surface area contributed by atoms with Gasteiger partial charge in [-0.05, 0) is 6.92 Å². The number of carbonyl (C=O) groups is 2. The van der Waals surface area contributed by atoms with Gasteiger partial charge < -0.3 is 9.84 Å². The fourth-order valence-electron chi connectivity index (χ4n) is 0.338. The Kier molecular flexibility index (Phi) is 2.97. The van der Waals surface area contributed by atoms with Gasteiger partial charge >= 0.3 is 11.9 Å². The first-order valence-electron chi connectivity index (χ1n) is 2.91. The average molecular weight is 162 g/mol. The summed E-state index contributed by atoms with van der Waals surface area (Å²) in [5, 5.41) is 8.29. The SMILES string of the molecule is CCOC(=O)C(N)(N)C(=O)O. The van der Waals surface area contributed by atoms with Crippen LogP contribution in [0.1, 0.15) is 6.92 Å². The van der Waals surface area contributed by atoms with Crippen LogP contribution in [0.2, 0.25) is 0 Å². The largest absolute Gasteiger partial charge is 0.478 e. The van der Waals surface area contributed by atoms with Gasteiger partial charge in [-0.3, -0.25) is 11.5 Å². The summed E-state index contributed by atoms with van der Waals surface area (Å²) in [6, 6.07) is 0. The zero-order chi connectivity index (χ0) is 9.07. The number of hydrogen-bond donors (Lipinski definition) is 3. The molecule has 0 saturated heterocycles. The fraction of sp³-hybridized carbons (Fsp3) is 0.600. The molecule has 0 aliphatic heterocycles. The molecule has 0 bridgehead atoms. The van der Waals surface area contributed by atoms with E-state index in [0.717, 1.165) is 0 Å². The third-order valence-corrected chi connectivity index (χ3v) is 0.967. The summed E-state index contributed by atoms with van der Waals surface area (Å²) in [7, 11) is 0. The van der Waals surface area contributed by atoms with Gasteiger partial charge in [0.2, 0.25) is 0 Å². The fourth-order valence-corrected chi connectivity index (χ4v) is 0.338. The number of carboxylic acid groups (broad SMARTS) is 1. The van der Waals surface area contributed by atoms with E-state index in [0.29, 0.717) is 0 Å². The molecule has 11 heavy (non-hydrogen) atoms. The van der Waals surface area contributed by atoms with Crippen LogP contribution >= 0.6 is 0 Å². The van der Waals surface area contributed by atoms with Crippen LogP contribution in [-0.2, 0) is 14.3 Å². The Morgan fingerprint density at radius 1 is 1.55 bits per heavy atom. The topological polar surface area (TPSA) is 116 Å². The Morgan fingerprint density at radius 2 is 2.00 bits per heavy atom. The zero-order valence-corrected chi connectivity index (χ0v) is 6.03. The molecule has 0 saturated carbocycles. The molecule has 0 aromatic carbocycles. The van der Waals surface area contributed by atoms with Crippen molar-refractivity contribution in [3.8, 4) is 0 Å². The monoisotopic (exact) mass is 162 g/mol. The number of hydrogen-bond acceptors (Lipinski definition) is 5. The Bertz CT molecular complexity index is 177. The van der Waals surface area contributed by atoms with E-state index in [1.54, 1.807) is 0 Å². The first-order valence-corrected chi connectivity index (χ1v) is 2.91. The van der Waals surface area contributed by atoms with Gasteiger partial charge in [0.25, 0.3) is 5.66 Å². The first kappa shape index (κ1) is 9.86. The molecule has 0 aromatic rings. The summed E-state index contributed by atoms with van der Waals surface area (Å²) < 4.78 is 4.30. The summed E-state index contributed by atoms with van der Waals surface area (Å²) in [6.45, 7) is 1.57. The number of carboxylic acids is 1. The maximum Gasteiger partial charge on any atom is 0.352 e. The summed E-state index contributed by atoms with van der Waals surface area (Å²) in [4.78, 5) is 20.8. The molecule has 0 spiro atoms. The molecule has 0 atom stereocenters. The van der Waals surface area contributed by atoms with Crippen molar-refractivity contribution in [3.05, 3.63) is 0 Å². The quantitative estimate of drug-likeness (QED) is 0.257. The van der Waals surface area contributed by atoms with E-state index in [-0.39, 0.29) is 6.61 Å².